The summed E-state index contributed by atoms with van der Waals surface area (Å²) in [5.41, 5.74) is 0.820. The highest BCUT2D eigenvalue weighted by Gasteiger charge is 2.76. The van der Waals surface area contributed by atoms with E-state index in [-0.39, 0.29) is 47.4 Å². The van der Waals surface area contributed by atoms with Crippen molar-refractivity contribution >= 4 is 62.8 Å². The van der Waals surface area contributed by atoms with Crippen LogP contribution in [0.4, 0.5) is 0 Å². The van der Waals surface area contributed by atoms with E-state index in [0.29, 0.717) is 24.1 Å². The Morgan fingerprint density at radius 3 is 2.21 bits per heavy atom. The summed E-state index contributed by atoms with van der Waals surface area (Å²) in [5.74, 6) is -4.75. The van der Waals surface area contributed by atoms with Gasteiger partial charge in [-0.3, -0.25) is 29.0 Å². The monoisotopic (exact) mass is 628 g/mol. The molecule has 12 heteroatoms. The van der Waals surface area contributed by atoms with Gasteiger partial charge in [0.05, 0.1) is 31.5 Å². The van der Waals surface area contributed by atoms with Gasteiger partial charge in [0.1, 0.15) is 17.2 Å². The Kier molecular flexibility index (Phi) is 6.76. The van der Waals surface area contributed by atoms with Crippen molar-refractivity contribution in [2.24, 2.45) is 17.8 Å². The molecular weight excluding hydrogens is 603 g/mol. The largest absolute Gasteiger partial charge is 0.508 e. The van der Waals surface area contributed by atoms with Gasteiger partial charge in [0.15, 0.2) is 9.75 Å². The van der Waals surface area contributed by atoms with Gasteiger partial charge in [-0.2, -0.15) is 0 Å². The third-order valence-corrected chi connectivity index (χ3v) is 10.3. The molecule has 6 unspecified atom stereocenters. The van der Waals surface area contributed by atoms with E-state index in [2.05, 4.69) is 15.9 Å². The highest BCUT2D eigenvalue weighted by molar-refractivity contribution is 9.09. The van der Waals surface area contributed by atoms with Crippen molar-refractivity contribution < 1.29 is 33.8 Å². The lowest BCUT2D eigenvalue weighted by atomic mass is 9.56. The van der Waals surface area contributed by atoms with E-state index in [0.717, 1.165) is 4.90 Å². The number of phenols is 1. The Morgan fingerprint density at radius 1 is 1.03 bits per heavy atom. The molecule has 1 aromatic rings. The zero-order chi connectivity index (χ0) is 27.7. The van der Waals surface area contributed by atoms with E-state index in [4.69, 9.17) is 32.7 Å². The van der Waals surface area contributed by atoms with Crippen molar-refractivity contribution in [3.05, 3.63) is 29.3 Å². The summed E-state index contributed by atoms with van der Waals surface area (Å²) in [5, 5.41) is 10.3. The molecule has 3 fully saturated rings. The average molecular weight is 630 g/mol. The molecule has 1 saturated carbocycles. The number of ether oxygens (including phenoxy) is 2. The van der Waals surface area contributed by atoms with Gasteiger partial charge in [0.25, 0.3) is 11.8 Å². The number of benzene rings is 1. The predicted octanol–water partition coefficient (Wildman–Crippen LogP) is 3.53. The number of rotatable bonds is 6. The van der Waals surface area contributed by atoms with E-state index >= 15 is 0 Å². The van der Waals surface area contributed by atoms with Gasteiger partial charge in [-0.25, -0.2) is 0 Å². The van der Waals surface area contributed by atoms with Crippen molar-refractivity contribution in [1.29, 1.82) is 0 Å². The summed E-state index contributed by atoms with van der Waals surface area (Å²) in [6, 6.07) is 2.72. The fourth-order valence-electron chi connectivity index (χ4n) is 6.79. The van der Waals surface area contributed by atoms with Crippen LogP contribution in [0.25, 0.3) is 0 Å². The maximum atomic E-state index is 13.9. The highest BCUT2D eigenvalue weighted by atomic mass is 79.9. The van der Waals surface area contributed by atoms with E-state index in [1.165, 1.54) is 31.3 Å². The lowest BCUT2D eigenvalue weighted by Gasteiger charge is -2.51. The molecule has 0 spiro atoms. The van der Waals surface area contributed by atoms with E-state index < -0.39 is 45.2 Å². The van der Waals surface area contributed by atoms with Crippen LogP contribution in [-0.2, 0) is 19.2 Å². The standard InChI is InChI=1S/C26H27BrCl2N2O7/c1-4-7-30-21(33)14-6-5-13-15(18(14)22(30)34)10-25(28)23(35)31(11-27)24(36)26(25,29)20(13)19-16(37-2)8-12(32)9-17(19)38-3/h5,8-9,14-15,18,20,32H,4,6-7,10-11H2,1-3H3. The molecule has 0 bridgehead atoms. The first-order valence-corrected chi connectivity index (χ1v) is 14.2. The molecule has 0 radical (unpaired) electrons. The van der Waals surface area contributed by atoms with Crippen LogP contribution in [0, 0.1) is 17.8 Å². The SMILES string of the molecule is CCCN1C(=O)C2CC=C3C(CC4(Cl)C(=O)N(CBr)C(=O)C4(Cl)C3c3c(OC)cc(O)cc3OC)C2C1=O. The minimum atomic E-state index is -2.00. The van der Waals surface area contributed by atoms with Crippen LogP contribution in [0.1, 0.15) is 37.7 Å². The van der Waals surface area contributed by atoms with Gasteiger partial charge in [-0.15, -0.1) is 23.2 Å². The van der Waals surface area contributed by atoms with Gasteiger partial charge in [-0.05, 0) is 25.2 Å². The van der Waals surface area contributed by atoms with Crippen molar-refractivity contribution in [2.45, 2.75) is 41.9 Å². The van der Waals surface area contributed by atoms with Crippen LogP contribution in [0.2, 0.25) is 0 Å². The van der Waals surface area contributed by atoms with Gasteiger partial charge in [-0.1, -0.05) is 34.5 Å². The number of nitrogens with zero attached hydrogens (tertiary/aromatic N) is 2. The molecule has 6 atom stereocenters. The first-order valence-electron chi connectivity index (χ1n) is 12.3. The summed E-state index contributed by atoms with van der Waals surface area (Å²) in [6.07, 6.45) is 2.63. The topological polar surface area (TPSA) is 113 Å². The molecule has 204 valence electrons. The second kappa shape index (κ2) is 9.41. The molecule has 9 nitrogen and oxygen atoms in total. The van der Waals surface area contributed by atoms with Gasteiger partial charge in [0.2, 0.25) is 11.8 Å². The lowest BCUT2D eigenvalue weighted by Crippen LogP contribution is -2.60. The van der Waals surface area contributed by atoms with Crippen LogP contribution in [0.3, 0.4) is 0 Å². The van der Waals surface area contributed by atoms with Gasteiger partial charge < -0.3 is 14.6 Å². The van der Waals surface area contributed by atoms with Crippen LogP contribution in [0.5, 0.6) is 17.2 Å². The number of fused-ring (bicyclic) bond motifs is 4. The Hall–Kier alpha value is -2.30. The summed E-state index contributed by atoms with van der Waals surface area (Å²) in [7, 11) is 2.79. The number of allylic oxidation sites excluding steroid dienone is 2. The number of alkyl halides is 3. The molecule has 4 aliphatic rings. The summed E-state index contributed by atoms with van der Waals surface area (Å²) < 4.78 is 11.2. The molecule has 2 aliphatic carbocycles. The zero-order valence-electron chi connectivity index (χ0n) is 21.0. The number of carbonyl (C=O) groups is 4. The number of aromatic hydroxyl groups is 1. The number of halogens is 3. The molecule has 1 aromatic carbocycles. The quantitative estimate of drug-likeness (QED) is 0.222. The van der Waals surface area contributed by atoms with E-state index in [9.17, 15) is 24.3 Å². The number of amides is 4. The van der Waals surface area contributed by atoms with Crippen LogP contribution < -0.4 is 9.47 Å². The smallest absolute Gasteiger partial charge is 0.254 e. The number of methoxy groups -OCH3 is 2. The molecule has 2 heterocycles. The average Bonchev–Trinajstić information content (AvgIpc) is 3.22. The number of hydrogen-bond acceptors (Lipinski definition) is 7. The second-order valence-corrected chi connectivity index (χ2v) is 11.8. The maximum absolute atomic E-state index is 13.9. The molecule has 38 heavy (non-hydrogen) atoms. The number of carbonyl (C=O) groups excluding carboxylic acids is 4. The van der Waals surface area contributed by atoms with Crippen molar-refractivity contribution in [3.63, 3.8) is 0 Å². The Morgan fingerprint density at radius 2 is 1.66 bits per heavy atom. The number of likely N-dealkylation sites (tertiary alicyclic amines) is 2. The fraction of sp³-hybridized carbons (Fsp3) is 0.538. The predicted molar refractivity (Wildman–Crippen MR) is 142 cm³/mol. The normalized spacial score (nSPS) is 34.2. The second-order valence-electron chi connectivity index (χ2n) is 10.1. The minimum absolute atomic E-state index is 0.0999. The Bertz CT molecular complexity index is 1260. The third kappa shape index (κ3) is 3.35. The van der Waals surface area contributed by atoms with Crippen LogP contribution >= 0.6 is 39.1 Å². The van der Waals surface area contributed by atoms with E-state index in [1.54, 1.807) is 0 Å². The Labute approximate surface area is 238 Å². The number of imide groups is 2. The molecule has 1 N–H and O–H groups in total. The lowest BCUT2D eigenvalue weighted by molar-refractivity contribution is -0.141. The first-order chi connectivity index (χ1) is 18.0. The summed E-state index contributed by atoms with van der Waals surface area (Å²) in [6.45, 7) is 2.19. The first kappa shape index (κ1) is 27.3. The molecule has 2 aliphatic heterocycles. The van der Waals surface area contributed by atoms with Crippen molar-refractivity contribution in [1.82, 2.24) is 9.80 Å². The van der Waals surface area contributed by atoms with Crippen LogP contribution in [0.15, 0.2) is 23.8 Å². The van der Waals surface area contributed by atoms with Gasteiger partial charge in [0, 0.05) is 30.2 Å². The zero-order valence-corrected chi connectivity index (χ0v) is 24.1. The summed E-state index contributed by atoms with van der Waals surface area (Å²) >= 11 is 17.7. The van der Waals surface area contributed by atoms with E-state index in [1.807, 2.05) is 13.0 Å². The third-order valence-electron chi connectivity index (χ3n) is 8.37. The van der Waals surface area contributed by atoms with Crippen molar-refractivity contribution in [3.8, 4) is 17.2 Å². The van der Waals surface area contributed by atoms with Crippen molar-refractivity contribution in [2.75, 3.05) is 26.2 Å². The fourth-order valence-corrected chi connectivity index (χ4v) is 8.20. The molecule has 5 rings (SSSR count). The number of hydrogen-bond donors (Lipinski definition) is 1. The maximum Gasteiger partial charge on any atom is 0.254 e. The molecular formula is C26H27BrCl2N2O7. The molecule has 4 amide bonds. The minimum Gasteiger partial charge on any atom is -0.508 e. The van der Waals surface area contributed by atoms with Crippen LogP contribution in [-0.4, -0.2) is 74.5 Å². The highest BCUT2D eigenvalue weighted by Crippen LogP contribution is 2.67. The molecule has 2 saturated heterocycles. The molecule has 0 aromatic heterocycles. The van der Waals surface area contributed by atoms with Gasteiger partial charge >= 0.3 is 0 Å². The number of phenolic OH excluding ortho intramolecular Hbond substituents is 1. The Balaban J connectivity index is 1.79. The summed E-state index contributed by atoms with van der Waals surface area (Å²) in [4.78, 5) is 52.7.